The quantitative estimate of drug-likeness (QED) is 0.927. The van der Waals surface area contributed by atoms with Crippen LogP contribution in [0, 0.1) is 0 Å². The number of nitrogens with zero attached hydrogens (tertiary/aromatic N) is 2. The zero-order valence-electron chi connectivity index (χ0n) is 11.1. The van der Waals surface area contributed by atoms with E-state index < -0.39 is 0 Å². The number of hydrogen-bond donors (Lipinski definition) is 1. The first-order valence-electron chi connectivity index (χ1n) is 6.72. The van der Waals surface area contributed by atoms with Gasteiger partial charge in [0.1, 0.15) is 0 Å². The maximum absolute atomic E-state index is 4.08. The molecule has 1 fully saturated rings. The highest BCUT2D eigenvalue weighted by Crippen LogP contribution is 2.28. The lowest BCUT2D eigenvalue weighted by molar-refractivity contribution is 0.746. The third-order valence-corrected chi connectivity index (χ3v) is 4.78. The van der Waals surface area contributed by atoms with E-state index >= 15 is 0 Å². The summed E-state index contributed by atoms with van der Waals surface area (Å²) in [5, 5.41) is 4.43. The van der Waals surface area contributed by atoms with Gasteiger partial charge in [-0.25, -0.2) is 4.98 Å². The first-order valence-corrected chi connectivity index (χ1v) is 7.77. The largest absolute Gasteiger partial charge is 0.381 e. The van der Waals surface area contributed by atoms with Crippen molar-refractivity contribution in [2.45, 2.75) is 31.2 Å². The molecule has 1 aromatic carbocycles. The van der Waals surface area contributed by atoms with Gasteiger partial charge in [0.2, 0.25) is 0 Å². The van der Waals surface area contributed by atoms with Crippen LogP contribution in [0.4, 0.5) is 5.69 Å². The minimum Gasteiger partial charge on any atom is -0.381 e. The van der Waals surface area contributed by atoms with E-state index in [9.17, 15) is 0 Å². The zero-order valence-corrected chi connectivity index (χ0v) is 11.9. The molecule has 0 radical (unpaired) electrons. The Labute approximate surface area is 118 Å². The molecule has 0 bridgehead atoms. The fourth-order valence-corrected chi connectivity index (χ4v) is 3.65. The first-order chi connectivity index (χ1) is 9.29. The molecular weight excluding hydrogens is 254 g/mol. The number of imidazole rings is 1. The van der Waals surface area contributed by atoms with Crippen LogP contribution in [-0.4, -0.2) is 26.6 Å². The maximum Gasteiger partial charge on any atom is 0.0949 e. The Morgan fingerprint density at radius 2 is 2.42 bits per heavy atom. The average Bonchev–Trinajstić information content (AvgIpc) is 3.02. The Morgan fingerprint density at radius 1 is 1.47 bits per heavy atom. The Balaban J connectivity index is 1.66. The fraction of sp³-hybridized carbons (Fsp3) is 0.400. The van der Waals surface area contributed by atoms with Crippen LogP contribution >= 0.6 is 11.8 Å². The van der Waals surface area contributed by atoms with Gasteiger partial charge in [0, 0.05) is 41.7 Å². The van der Waals surface area contributed by atoms with E-state index in [1.54, 1.807) is 0 Å². The molecular formula is C15H19N3S. The summed E-state index contributed by atoms with van der Waals surface area (Å²) in [5.74, 6) is 1.22. The van der Waals surface area contributed by atoms with Crippen molar-refractivity contribution in [3.63, 3.8) is 0 Å². The van der Waals surface area contributed by atoms with E-state index in [0.717, 1.165) is 11.8 Å². The van der Waals surface area contributed by atoms with E-state index in [4.69, 9.17) is 0 Å². The molecule has 2 heterocycles. The summed E-state index contributed by atoms with van der Waals surface area (Å²) in [5.41, 5.74) is 2.54. The van der Waals surface area contributed by atoms with Crippen LogP contribution in [0.15, 0.2) is 43.0 Å². The van der Waals surface area contributed by atoms with Crippen LogP contribution < -0.4 is 5.32 Å². The van der Waals surface area contributed by atoms with Gasteiger partial charge in [-0.2, -0.15) is 11.8 Å². The van der Waals surface area contributed by atoms with Crippen LogP contribution in [0.5, 0.6) is 0 Å². The Morgan fingerprint density at radius 3 is 3.16 bits per heavy atom. The number of hydrogen-bond acceptors (Lipinski definition) is 3. The van der Waals surface area contributed by atoms with Crippen molar-refractivity contribution >= 4 is 17.4 Å². The van der Waals surface area contributed by atoms with Gasteiger partial charge in [-0.1, -0.05) is 19.1 Å². The number of benzene rings is 1. The third-order valence-electron chi connectivity index (χ3n) is 3.42. The number of anilines is 1. The van der Waals surface area contributed by atoms with E-state index in [1.165, 1.54) is 23.4 Å². The topological polar surface area (TPSA) is 29.9 Å². The SMILES string of the molecule is CC1CC(Nc2cccc(Cn3ccnc3)c2)CS1. The Kier molecular flexibility index (Phi) is 3.78. The predicted molar refractivity (Wildman–Crippen MR) is 81.7 cm³/mol. The normalized spacial score (nSPS) is 22.6. The molecule has 100 valence electrons. The third kappa shape index (κ3) is 3.32. The van der Waals surface area contributed by atoms with Crippen LogP contribution in [-0.2, 0) is 6.54 Å². The predicted octanol–water partition coefficient (Wildman–Crippen LogP) is 3.24. The molecule has 0 amide bonds. The molecule has 0 spiro atoms. The number of nitrogens with one attached hydrogen (secondary N) is 1. The van der Waals surface area contributed by atoms with Crippen LogP contribution in [0.25, 0.3) is 0 Å². The van der Waals surface area contributed by atoms with Crippen LogP contribution in [0.2, 0.25) is 0 Å². The van der Waals surface area contributed by atoms with Crippen molar-refractivity contribution in [1.29, 1.82) is 0 Å². The zero-order chi connectivity index (χ0) is 13.1. The first kappa shape index (κ1) is 12.6. The molecule has 2 aromatic rings. The lowest BCUT2D eigenvalue weighted by Gasteiger charge is -2.14. The van der Waals surface area contributed by atoms with E-state index in [0.29, 0.717) is 6.04 Å². The summed E-state index contributed by atoms with van der Waals surface area (Å²) in [6.45, 7) is 3.19. The van der Waals surface area contributed by atoms with Crippen molar-refractivity contribution < 1.29 is 0 Å². The lowest BCUT2D eigenvalue weighted by Crippen LogP contribution is -2.18. The monoisotopic (exact) mass is 273 g/mol. The van der Waals surface area contributed by atoms with Gasteiger partial charge >= 0.3 is 0 Å². The molecule has 0 aliphatic carbocycles. The molecule has 4 heteroatoms. The van der Waals surface area contributed by atoms with Crippen molar-refractivity contribution in [2.75, 3.05) is 11.1 Å². The van der Waals surface area contributed by atoms with Gasteiger partial charge in [0.05, 0.1) is 6.33 Å². The molecule has 1 saturated heterocycles. The van der Waals surface area contributed by atoms with E-state index in [1.807, 2.05) is 18.7 Å². The van der Waals surface area contributed by atoms with Crippen molar-refractivity contribution in [3.05, 3.63) is 48.5 Å². The standard InChI is InChI=1S/C15H19N3S/c1-12-7-15(10-19-12)17-14-4-2-3-13(8-14)9-18-6-5-16-11-18/h2-6,8,11-12,15,17H,7,9-10H2,1H3. The van der Waals surface area contributed by atoms with Gasteiger partial charge in [0.25, 0.3) is 0 Å². The second-order valence-corrected chi connectivity index (χ2v) is 6.63. The number of thioether (sulfide) groups is 1. The summed E-state index contributed by atoms with van der Waals surface area (Å²) in [7, 11) is 0. The minimum absolute atomic E-state index is 0.614. The van der Waals surface area contributed by atoms with Gasteiger partial charge in [0.15, 0.2) is 0 Å². The maximum atomic E-state index is 4.08. The molecule has 2 atom stereocenters. The second-order valence-electron chi connectivity index (χ2n) is 5.16. The van der Waals surface area contributed by atoms with Gasteiger partial charge in [-0.3, -0.25) is 0 Å². The summed E-state index contributed by atoms with van der Waals surface area (Å²) < 4.78 is 2.09. The molecule has 3 nitrogen and oxygen atoms in total. The molecule has 0 saturated carbocycles. The molecule has 1 aliphatic heterocycles. The second kappa shape index (κ2) is 5.70. The highest BCUT2D eigenvalue weighted by Gasteiger charge is 2.21. The molecule has 1 aliphatic rings. The fourth-order valence-electron chi connectivity index (χ4n) is 2.50. The smallest absolute Gasteiger partial charge is 0.0949 e. The summed E-state index contributed by atoms with van der Waals surface area (Å²) in [6, 6.07) is 9.30. The molecule has 1 N–H and O–H groups in total. The van der Waals surface area contributed by atoms with Gasteiger partial charge in [-0.15, -0.1) is 0 Å². The van der Waals surface area contributed by atoms with Crippen LogP contribution in [0.1, 0.15) is 18.9 Å². The van der Waals surface area contributed by atoms with Gasteiger partial charge < -0.3 is 9.88 Å². The van der Waals surface area contributed by atoms with E-state index in [-0.39, 0.29) is 0 Å². The van der Waals surface area contributed by atoms with E-state index in [2.05, 4.69) is 57.8 Å². The lowest BCUT2D eigenvalue weighted by atomic mass is 10.1. The molecule has 3 rings (SSSR count). The highest BCUT2D eigenvalue weighted by molar-refractivity contribution is 8.00. The van der Waals surface area contributed by atoms with Crippen LogP contribution in [0.3, 0.4) is 0 Å². The number of rotatable bonds is 4. The van der Waals surface area contributed by atoms with Crippen molar-refractivity contribution in [3.8, 4) is 0 Å². The van der Waals surface area contributed by atoms with Crippen molar-refractivity contribution in [1.82, 2.24) is 9.55 Å². The van der Waals surface area contributed by atoms with Gasteiger partial charge in [-0.05, 0) is 24.1 Å². The molecule has 2 unspecified atom stereocenters. The molecule has 1 aromatic heterocycles. The minimum atomic E-state index is 0.614. The summed E-state index contributed by atoms with van der Waals surface area (Å²) >= 11 is 2.06. The summed E-state index contributed by atoms with van der Waals surface area (Å²) in [6.07, 6.45) is 6.93. The summed E-state index contributed by atoms with van der Waals surface area (Å²) in [4.78, 5) is 4.08. The average molecular weight is 273 g/mol. The Hall–Kier alpha value is -1.42. The van der Waals surface area contributed by atoms with Crippen molar-refractivity contribution in [2.24, 2.45) is 0 Å². The number of aromatic nitrogens is 2. The highest BCUT2D eigenvalue weighted by atomic mass is 32.2. The Bertz CT molecular complexity index is 524. The molecule has 19 heavy (non-hydrogen) atoms.